The Labute approximate surface area is 130 Å². The van der Waals surface area contributed by atoms with Crippen molar-refractivity contribution in [3.63, 3.8) is 0 Å². The molecule has 4 nitrogen and oxygen atoms in total. The van der Waals surface area contributed by atoms with Crippen molar-refractivity contribution in [1.29, 1.82) is 0 Å². The molecule has 0 heterocycles. The summed E-state index contributed by atoms with van der Waals surface area (Å²) in [6, 6.07) is 10.1. The van der Waals surface area contributed by atoms with Crippen LogP contribution in [0.2, 0.25) is 0 Å². The summed E-state index contributed by atoms with van der Waals surface area (Å²) in [5.74, 6) is -0.833. The van der Waals surface area contributed by atoms with E-state index in [-0.39, 0.29) is 11.8 Å². The zero-order chi connectivity index (χ0) is 15.9. The van der Waals surface area contributed by atoms with Crippen LogP contribution in [0.5, 0.6) is 0 Å². The Balaban J connectivity index is 2.05. The first kappa shape index (κ1) is 14.8. The van der Waals surface area contributed by atoms with Crippen molar-refractivity contribution in [2.75, 3.05) is 14.2 Å². The van der Waals surface area contributed by atoms with Gasteiger partial charge in [-0.25, -0.2) is 0 Å². The third-order valence-electron chi connectivity index (χ3n) is 5.23. The largest absolute Gasteiger partial charge is 0.468 e. The molecule has 0 bridgehead atoms. The molecule has 0 radical (unpaired) electrons. The maximum atomic E-state index is 12.4. The van der Waals surface area contributed by atoms with Gasteiger partial charge >= 0.3 is 11.9 Å². The van der Waals surface area contributed by atoms with Gasteiger partial charge < -0.3 is 9.47 Å². The van der Waals surface area contributed by atoms with Crippen LogP contribution in [-0.2, 0) is 19.1 Å². The number of esters is 2. The highest BCUT2D eigenvalue weighted by Crippen LogP contribution is 2.63. The molecule has 0 unspecified atom stereocenters. The predicted molar refractivity (Wildman–Crippen MR) is 81.7 cm³/mol. The van der Waals surface area contributed by atoms with Gasteiger partial charge in [0.1, 0.15) is 0 Å². The van der Waals surface area contributed by atoms with Crippen LogP contribution >= 0.6 is 0 Å². The predicted octanol–water partition coefficient (Wildman–Crippen LogP) is 2.83. The lowest BCUT2D eigenvalue weighted by Crippen LogP contribution is -2.48. The van der Waals surface area contributed by atoms with Gasteiger partial charge in [0.25, 0.3) is 0 Å². The molecule has 2 atom stereocenters. The molecular weight excluding hydrogens is 280 g/mol. The van der Waals surface area contributed by atoms with Gasteiger partial charge in [-0.2, -0.15) is 0 Å². The molecule has 2 aliphatic rings. The highest BCUT2D eigenvalue weighted by Gasteiger charge is 2.65. The summed E-state index contributed by atoms with van der Waals surface area (Å²) in [6.07, 6.45) is 1.28. The van der Waals surface area contributed by atoms with Crippen LogP contribution in [-0.4, -0.2) is 26.2 Å². The van der Waals surface area contributed by atoms with Crippen molar-refractivity contribution in [3.05, 3.63) is 41.5 Å². The molecule has 4 heteroatoms. The summed E-state index contributed by atoms with van der Waals surface area (Å²) in [4.78, 5) is 24.7. The van der Waals surface area contributed by atoms with Crippen LogP contribution in [0.1, 0.15) is 25.3 Å². The number of carbonyl (C=O) groups excluding carboxylic acids is 2. The van der Waals surface area contributed by atoms with Gasteiger partial charge in [0.05, 0.1) is 14.2 Å². The summed E-state index contributed by atoms with van der Waals surface area (Å²) in [7, 11) is 2.66. The minimum atomic E-state index is -1.17. The Morgan fingerprint density at radius 1 is 1.09 bits per heavy atom. The average molecular weight is 300 g/mol. The lowest BCUT2D eigenvalue weighted by atomic mass is 9.60. The number of hydrogen-bond acceptors (Lipinski definition) is 4. The lowest BCUT2D eigenvalue weighted by molar-refractivity contribution is -0.171. The fourth-order valence-electron chi connectivity index (χ4n) is 4.36. The standard InChI is InChI=1S/C18H20O4/c1-11-14(12-7-5-4-6-8-12)13-9-10-18(15(11)13,16(19)21-2)17(20)22-3/h4-8,13,15H,9-10H2,1-3H3/t13-,15+/m1/s1. The minimum Gasteiger partial charge on any atom is -0.468 e. The molecular formula is C18H20O4. The Kier molecular flexibility index (Phi) is 3.55. The van der Waals surface area contributed by atoms with Crippen molar-refractivity contribution in [2.45, 2.75) is 19.8 Å². The maximum Gasteiger partial charge on any atom is 0.323 e. The van der Waals surface area contributed by atoms with Gasteiger partial charge in [-0.3, -0.25) is 9.59 Å². The topological polar surface area (TPSA) is 52.6 Å². The number of hydrogen-bond donors (Lipinski definition) is 0. The van der Waals surface area contributed by atoms with Gasteiger partial charge in [0.2, 0.25) is 0 Å². The second kappa shape index (κ2) is 5.27. The third-order valence-corrected chi connectivity index (χ3v) is 5.23. The normalized spacial score (nSPS) is 25.2. The van der Waals surface area contributed by atoms with Crippen LogP contribution in [0.15, 0.2) is 35.9 Å². The van der Waals surface area contributed by atoms with E-state index >= 15 is 0 Å². The van der Waals surface area contributed by atoms with Crippen LogP contribution in [0, 0.1) is 17.3 Å². The van der Waals surface area contributed by atoms with Gasteiger partial charge in [-0.1, -0.05) is 35.9 Å². The van der Waals surface area contributed by atoms with Gasteiger partial charge in [-0.05, 0) is 36.8 Å². The Morgan fingerprint density at radius 3 is 2.23 bits per heavy atom. The molecule has 1 saturated carbocycles. The number of ether oxygens (including phenoxy) is 2. The van der Waals surface area contributed by atoms with E-state index in [0.717, 1.165) is 12.0 Å². The number of fused-ring (bicyclic) bond motifs is 1. The van der Waals surface area contributed by atoms with Crippen molar-refractivity contribution in [2.24, 2.45) is 17.3 Å². The number of rotatable bonds is 3. The first-order valence-corrected chi connectivity index (χ1v) is 7.50. The first-order valence-electron chi connectivity index (χ1n) is 7.50. The second-order valence-electron chi connectivity index (χ2n) is 6.04. The molecule has 0 amide bonds. The molecule has 0 aliphatic heterocycles. The summed E-state index contributed by atoms with van der Waals surface area (Å²) in [5.41, 5.74) is 2.37. The first-order chi connectivity index (χ1) is 10.6. The van der Waals surface area contributed by atoms with Crippen LogP contribution in [0.25, 0.3) is 5.57 Å². The van der Waals surface area contributed by atoms with Gasteiger partial charge in [0.15, 0.2) is 5.41 Å². The van der Waals surface area contributed by atoms with E-state index in [0.29, 0.717) is 6.42 Å². The third kappa shape index (κ3) is 1.76. The number of carbonyl (C=O) groups is 2. The van der Waals surface area contributed by atoms with E-state index in [1.54, 1.807) is 0 Å². The van der Waals surface area contributed by atoms with Crippen LogP contribution < -0.4 is 0 Å². The molecule has 22 heavy (non-hydrogen) atoms. The monoisotopic (exact) mass is 300 g/mol. The highest BCUT2D eigenvalue weighted by molar-refractivity contribution is 6.03. The summed E-state index contributed by atoms with van der Waals surface area (Å²) in [6.45, 7) is 2.01. The fraction of sp³-hybridized carbons (Fsp3) is 0.444. The molecule has 0 aromatic heterocycles. The summed E-state index contributed by atoms with van der Waals surface area (Å²) >= 11 is 0. The maximum absolute atomic E-state index is 12.4. The molecule has 1 fully saturated rings. The molecule has 2 aliphatic carbocycles. The van der Waals surface area contributed by atoms with E-state index in [9.17, 15) is 9.59 Å². The molecule has 1 aromatic rings. The summed E-state index contributed by atoms with van der Waals surface area (Å²) < 4.78 is 9.88. The van der Waals surface area contributed by atoms with E-state index in [2.05, 4.69) is 12.1 Å². The Bertz CT molecular complexity index is 628. The fourth-order valence-corrected chi connectivity index (χ4v) is 4.36. The molecule has 0 spiro atoms. The average Bonchev–Trinajstić information content (AvgIpc) is 2.90. The minimum absolute atomic E-state index is 0.109. The molecule has 3 rings (SSSR count). The summed E-state index contributed by atoms with van der Waals surface area (Å²) in [5, 5.41) is 0. The van der Waals surface area contributed by atoms with Crippen LogP contribution in [0.4, 0.5) is 0 Å². The van der Waals surface area contributed by atoms with Crippen molar-refractivity contribution < 1.29 is 19.1 Å². The van der Waals surface area contributed by atoms with E-state index in [1.807, 2.05) is 25.1 Å². The number of allylic oxidation sites excluding steroid dienone is 2. The number of methoxy groups -OCH3 is 2. The van der Waals surface area contributed by atoms with Crippen molar-refractivity contribution in [3.8, 4) is 0 Å². The van der Waals surface area contributed by atoms with Crippen molar-refractivity contribution >= 4 is 17.5 Å². The zero-order valence-electron chi connectivity index (χ0n) is 13.1. The second-order valence-corrected chi connectivity index (χ2v) is 6.04. The smallest absolute Gasteiger partial charge is 0.323 e. The lowest BCUT2D eigenvalue weighted by Gasteiger charge is -2.42. The van der Waals surface area contributed by atoms with Gasteiger partial charge in [-0.15, -0.1) is 0 Å². The van der Waals surface area contributed by atoms with E-state index in [1.165, 1.54) is 25.4 Å². The van der Waals surface area contributed by atoms with Crippen molar-refractivity contribution in [1.82, 2.24) is 0 Å². The molecule has 0 saturated heterocycles. The zero-order valence-corrected chi connectivity index (χ0v) is 13.1. The molecule has 0 N–H and O–H groups in total. The number of benzene rings is 1. The van der Waals surface area contributed by atoms with E-state index < -0.39 is 17.4 Å². The molecule has 1 aromatic carbocycles. The van der Waals surface area contributed by atoms with E-state index in [4.69, 9.17) is 9.47 Å². The molecule has 116 valence electrons. The Morgan fingerprint density at radius 2 is 1.68 bits per heavy atom. The van der Waals surface area contributed by atoms with Gasteiger partial charge in [0, 0.05) is 5.92 Å². The SMILES string of the molecule is COC(=O)C1(C(=O)OC)CC[C@@H]2C(c3ccccc3)=C(C)[C@@H]21. The quantitative estimate of drug-likeness (QED) is 0.636. The van der Waals surface area contributed by atoms with Crippen LogP contribution in [0.3, 0.4) is 0 Å². The Hall–Kier alpha value is -2.10. The highest BCUT2D eigenvalue weighted by atomic mass is 16.5.